The number of nitrogens with one attached hydrogen (secondary N) is 2. The summed E-state index contributed by atoms with van der Waals surface area (Å²) in [7, 11) is -1.49. The number of aryl methyl sites for hydroxylation is 2. The van der Waals surface area contributed by atoms with Crippen LogP contribution in [-0.4, -0.2) is 40.8 Å². The summed E-state index contributed by atoms with van der Waals surface area (Å²) in [6.45, 7) is 5.52. The van der Waals surface area contributed by atoms with Gasteiger partial charge in [-0.05, 0) is 43.2 Å². The number of ether oxygens (including phenoxy) is 1. The second-order valence-electron chi connectivity index (χ2n) is 6.39. The first-order valence-corrected chi connectivity index (χ1v) is 10.6. The lowest BCUT2D eigenvalue weighted by Crippen LogP contribution is -2.38. The maximum absolute atomic E-state index is 11.7. The van der Waals surface area contributed by atoms with Crippen molar-refractivity contribution in [1.29, 1.82) is 0 Å². The number of hydrogen-bond donors (Lipinski definition) is 2. The Hall–Kier alpha value is -2.54. The Morgan fingerprint density at radius 1 is 1.07 bits per heavy atom. The van der Waals surface area contributed by atoms with Crippen LogP contribution < -0.4 is 15.4 Å². The zero-order valence-electron chi connectivity index (χ0n) is 16.2. The molecule has 0 aliphatic heterocycles. The first-order valence-electron chi connectivity index (χ1n) is 8.73. The van der Waals surface area contributed by atoms with E-state index in [0.29, 0.717) is 30.6 Å². The molecule has 2 rings (SSSR count). The van der Waals surface area contributed by atoms with Crippen LogP contribution in [0, 0.1) is 13.8 Å². The topological polar surface area (TPSA) is 79.8 Å². The van der Waals surface area contributed by atoms with Gasteiger partial charge in [-0.3, -0.25) is 4.99 Å². The average molecular weight is 390 g/mol. The number of sulfone groups is 1. The maximum Gasteiger partial charge on any atom is 0.191 e. The van der Waals surface area contributed by atoms with Crippen molar-refractivity contribution < 1.29 is 13.2 Å². The molecule has 27 heavy (non-hydrogen) atoms. The molecule has 0 aromatic heterocycles. The summed E-state index contributed by atoms with van der Waals surface area (Å²) in [5, 5.41) is 6.40. The number of guanidine groups is 1. The SMILES string of the molecule is CN=C(NCCOc1ccc(C)cc1)NCc1ccc(S(C)(=O)=O)c(C)c1. The average Bonchev–Trinajstić information content (AvgIpc) is 2.61. The van der Waals surface area contributed by atoms with Crippen LogP contribution in [0.15, 0.2) is 52.4 Å². The Morgan fingerprint density at radius 2 is 1.78 bits per heavy atom. The lowest BCUT2D eigenvalue weighted by atomic mass is 10.1. The predicted molar refractivity (Wildman–Crippen MR) is 109 cm³/mol. The maximum atomic E-state index is 11.7. The highest BCUT2D eigenvalue weighted by Crippen LogP contribution is 2.16. The molecule has 0 aliphatic carbocycles. The highest BCUT2D eigenvalue weighted by atomic mass is 32.2. The molecule has 2 aromatic rings. The molecule has 2 aromatic carbocycles. The van der Waals surface area contributed by atoms with Crippen LogP contribution in [0.2, 0.25) is 0 Å². The van der Waals surface area contributed by atoms with E-state index < -0.39 is 9.84 Å². The largest absolute Gasteiger partial charge is 0.492 e. The monoisotopic (exact) mass is 389 g/mol. The number of rotatable bonds is 7. The molecule has 0 spiro atoms. The number of nitrogens with zero attached hydrogens (tertiary/aromatic N) is 1. The zero-order chi connectivity index (χ0) is 19.9. The standard InChI is InChI=1S/C20H27N3O3S/c1-15-5-8-18(9-6-15)26-12-11-22-20(21-3)23-14-17-7-10-19(16(2)13-17)27(4,24)25/h5-10,13H,11-12,14H2,1-4H3,(H2,21,22,23). The van der Waals surface area contributed by atoms with Gasteiger partial charge in [0.15, 0.2) is 15.8 Å². The number of aliphatic imine (C=N–C) groups is 1. The fourth-order valence-electron chi connectivity index (χ4n) is 2.62. The van der Waals surface area contributed by atoms with Crippen LogP contribution in [-0.2, 0) is 16.4 Å². The molecule has 6 nitrogen and oxygen atoms in total. The minimum atomic E-state index is -3.20. The van der Waals surface area contributed by atoms with Gasteiger partial charge in [0.1, 0.15) is 12.4 Å². The van der Waals surface area contributed by atoms with E-state index >= 15 is 0 Å². The molecule has 2 N–H and O–H groups in total. The third-order valence-corrected chi connectivity index (χ3v) is 5.26. The van der Waals surface area contributed by atoms with E-state index in [2.05, 4.69) is 15.6 Å². The van der Waals surface area contributed by atoms with E-state index in [1.165, 1.54) is 11.8 Å². The lowest BCUT2D eigenvalue weighted by Gasteiger charge is -2.13. The molecule has 146 valence electrons. The van der Waals surface area contributed by atoms with Gasteiger partial charge in [0.25, 0.3) is 0 Å². The van der Waals surface area contributed by atoms with E-state index in [0.717, 1.165) is 16.9 Å². The Bertz CT molecular complexity index is 891. The molecule has 0 saturated carbocycles. The zero-order valence-corrected chi connectivity index (χ0v) is 17.1. The summed E-state index contributed by atoms with van der Waals surface area (Å²) in [6, 6.07) is 13.3. The lowest BCUT2D eigenvalue weighted by molar-refractivity contribution is 0.322. The van der Waals surface area contributed by atoms with Gasteiger partial charge in [0.05, 0.1) is 11.4 Å². The summed E-state index contributed by atoms with van der Waals surface area (Å²) in [5.41, 5.74) is 2.93. The van der Waals surface area contributed by atoms with E-state index in [1.807, 2.05) is 43.3 Å². The van der Waals surface area contributed by atoms with Crippen molar-refractivity contribution in [1.82, 2.24) is 10.6 Å². The van der Waals surface area contributed by atoms with Gasteiger partial charge in [-0.15, -0.1) is 0 Å². The second-order valence-corrected chi connectivity index (χ2v) is 8.37. The highest BCUT2D eigenvalue weighted by Gasteiger charge is 2.10. The minimum Gasteiger partial charge on any atom is -0.492 e. The Morgan fingerprint density at radius 3 is 2.37 bits per heavy atom. The number of benzene rings is 2. The van der Waals surface area contributed by atoms with Crippen LogP contribution >= 0.6 is 0 Å². The van der Waals surface area contributed by atoms with Gasteiger partial charge >= 0.3 is 0 Å². The third kappa shape index (κ3) is 6.60. The summed E-state index contributed by atoms with van der Waals surface area (Å²) in [6.07, 6.45) is 1.22. The van der Waals surface area contributed by atoms with Crippen molar-refractivity contribution in [2.45, 2.75) is 25.3 Å². The molecule has 0 unspecified atom stereocenters. The molecule has 0 saturated heterocycles. The molecule has 7 heteroatoms. The molecular formula is C20H27N3O3S. The molecule has 0 heterocycles. The van der Waals surface area contributed by atoms with Crippen molar-refractivity contribution in [2.24, 2.45) is 4.99 Å². The van der Waals surface area contributed by atoms with Gasteiger partial charge in [0.2, 0.25) is 0 Å². The molecule has 0 radical (unpaired) electrons. The molecule has 0 amide bonds. The first kappa shape index (κ1) is 20.8. The molecular weight excluding hydrogens is 362 g/mol. The van der Waals surface area contributed by atoms with Gasteiger partial charge in [-0.25, -0.2) is 8.42 Å². The van der Waals surface area contributed by atoms with Gasteiger partial charge in [0, 0.05) is 19.8 Å². The van der Waals surface area contributed by atoms with Crippen LogP contribution in [0.25, 0.3) is 0 Å². The van der Waals surface area contributed by atoms with Crippen molar-refractivity contribution in [2.75, 3.05) is 26.5 Å². The van der Waals surface area contributed by atoms with Crippen molar-refractivity contribution >= 4 is 15.8 Å². The summed E-state index contributed by atoms with van der Waals surface area (Å²) in [4.78, 5) is 4.54. The Kier molecular flexibility index (Phi) is 7.24. The van der Waals surface area contributed by atoms with Gasteiger partial charge < -0.3 is 15.4 Å². The van der Waals surface area contributed by atoms with Crippen LogP contribution in [0.3, 0.4) is 0 Å². The smallest absolute Gasteiger partial charge is 0.191 e. The summed E-state index contributed by atoms with van der Waals surface area (Å²) >= 11 is 0. The van der Waals surface area contributed by atoms with E-state index in [-0.39, 0.29) is 0 Å². The molecule has 0 aliphatic rings. The highest BCUT2D eigenvalue weighted by molar-refractivity contribution is 7.90. The van der Waals surface area contributed by atoms with Gasteiger partial charge in [-0.2, -0.15) is 0 Å². The molecule has 0 atom stereocenters. The normalized spacial score (nSPS) is 11.9. The van der Waals surface area contributed by atoms with E-state index in [1.54, 1.807) is 20.0 Å². The first-order chi connectivity index (χ1) is 12.8. The second kappa shape index (κ2) is 9.41. The van der Waals surface area contributed by atoms with Crippen molar-refractivity contribution in [3.63, 3.8) is 0 Å². The van der Waals surface area contributed by atoms with Crippen LogP contribution in [0.5, 0.6) is 5.75 Å². The predicted octanol–water partition coefficient (Wildman–Crippen LogP) is 2.45. The fraction of sp³-hybridized carbons (Fsp3) is 0.350. The van der Waals surface area contributed by atoms with E-state index in [4.69, 9.17) is 4.74 Å². The number of hydrogen-bond acceptors (Lipinski definition) is 4. The molecule has 0 fully saturated rings. The minimum absolute atomic E-state index is 0.363. The fourth-order valence-corrected chi connectivity index (χ4v) is 3.58. The molecule has 0 bridgehead atoms. The Balaban J connectivity index is 1.80. The third-order valence-electron chi connectivity index (χ3n) is 4.01. The summed E-state index contributed by atoms with van der Waals surface area (Å²) < 4.78 is 29.1. The van der Waals surface area contributed by atoms with Gasteiger partial charge in [-0.1, -0.05) is 29.8 Å². The Labute approximate surface area is 161 Å². The summed E-state index contributed by atoms with van der Waals surface area (Å²) in [5.74, 6) is 1.50. The van der Waals surface area contributed by atoms with Crippen LogP contribution in [0.1, 0.15) is 16.7 Å². The quantitative estimate of drug-likeness (QED) is 0.432. The van der Waals surface area contributed by atoms with Crippen LogP contribution in [0.4, 0.5) is 0 Å². The van der Waals surface area contributed by atoms with Crippen molar-refractivity contribution in [3.05, 3.63) is 59.2 Å². The van der Waals surface area contributed by atoms with Crippen molar-refractivity contribution in [3.8, 4) is 5.75 Å². The van der Waals surface area contributed by atoms with E-state index in [9.17, 15) is 8.42 Å².